The van der Waals surface area contributed by atoms with E-state index < -0.39 is 25.3 Å². The van der Waals surface area contributed by atoms with Gasteiger partial charge in [0.2, 0.25) is 14.9 Å². The van der Waals surface area contributed by atoms with Crippen LogP contribution in [0.5, 0.6) is 5.75 Å². The number of aliphatic hydroxyl groups is 2. The van der Waals surface area contributed by atoms with Crippen LogP contribution >= 0.6 is 18.5 Å². The number of rotatable bonds is 9. The molecule has 0 fully saturated rings. The van der Waals surface area contributed by atoms with E-state index in [1.807, 2.05) is 52.4 Å². The third kappa shape index (κ3) is 7.37. The predicted molar refractivity (Wildman–Crippen MR) is 168 cm³/mol. The van der Waals surface area contributed by atoms with Gasteiger partial charge < -0.3 is 24.8 Å². The van der Waals surface area contributed by atoms with Crippen molar-refractivity contribution in [1.29, 1.82) is 0 Å². The van der Waals surface area contributed by atoms with Crippen LogP contribution in [-0.4, -0.2) is 76.6 Å². The minimum absolute atomic E-state index is 0.0879. The largest absolute Gasteiger partial charge is 0.511 e. The minimum atomic E-state index is -4.43. The normalized spacial score (nSPS) is 12.7. The van der Waals surface area contributed by atoms with Crippen LogP contribution in [-0.2, 0) is 22.8 Å². The molecule has 1 aromatic heterocycles. The summed E-state index contributed by atoms with van der Waals surface area (Å²) in [5.41, 5.74) is 3.22. The van der Waals surface area contributed by atoms with Crippen molar-refractivity contribution in [3.05, 3.63) is 53.7 Å². The Morgan fingerprint density at radius 1 is 1.13 bits per heavy atom. The van der Waals surface area contributed by atoms with Crippen LogP contribution in [0.15, 0.2) is 47.4 Å². The molecular weight excluding hydrogens is 541 g/mol. The Balaban J connectivity index is 1.94. The van der Waals surface area contributed by atoms with E-state index in [0.29, 0.717) is 11.4 Å². The molecule has 198 valence electrons. The molecule has 0 aliphatic heterocycles. The van der Waals surface area contributed by atoms with Gasteiger partial charge in [0.1, 0.15) is 29.3 Å². The molecule has 2 atom stereocenters. The first-order chi connectivity index (χ1) is 17.4. The zero-order chi connectivity index (χ0) is 28.5. The Labute approximate surface area is 231 Å². The van der Waals surface area contributed by atoms with Crippen LogP contribution in [0.1, 0.15) is 18.2 Å². The lowest BCUT2D eigenvalue weighted by Gasteiger charge is -2.25. The molecule has 0 spiro atoms. The van der Waals surface area contributed by atoms with Crippen molar-refractivity contribution in [3.63, 3.8) is 0 Å². The summed E-state index contributed by atoms with van der Waals surface area (Å²) < 4.78 is 47.4. The van der Waals surface area contributed by atoms with Crippen molar-refractivity contribution in [3.8, 4) is 17.6 Å². The highest BCUT2D eigenvalue weighted by molar-refractivity contribution is 7.93. The van der Waals surface area contributed by atoms with Gasteiger partial charge in [-0.1, -0.05) is 43.5 Å². The van der Waals surface area contributed by atoms with Crippen molar-refractivity contribution >= 4 is 76.3 Å². The van der Waals surface area contributed by atoms with Gasteiger partial charge in [-0.2, -0.15) is 0 Å². The molecule has 0 aliphatic rings. The number of nitrogens with one attached hydrogen (secondary N) is 1. The van der Waals surface area contributed by atoms with E-state index in [9.17, 15) is 23.0 Å². The van der Waals surface area contributed by atoms with Crippen LogP contribution in [0.25, 0.3) is 10.9 Å². The third-order valence-electron chi connectivity index (χ3n) is 5.59. The average Bonchev–Trinajstić information content (AvgIpc) is 3.11. The number of aromatic nitrogens is 1. The van der Waals surface area contributed by atoms with Crippen molar-refractivity contribution in [1.82, 2.24) is 4.57 Å². The molecule has 3 N–H and O–H groups in total. The lowest BCUT2D eigenvalue weighted by atomic mass is 9.52. The zero-order valence-corrected chi connectivity index (χ0v) is 25.3. The maximum Gasteiger partial charge on any atom is 0.226 e. The van der Waals surface area contributed by atoms with E-state index in [0.717, 1.165) is 30.7 Å². The first-order valence-electron chi connectivity index (χ1n) is 12.1. The molecule has 7 nitrogen and oxygen atoms in total. The Hall–Kier alpha value is -1.94. The van der Waals surface area contributed by atoms with Gasteiger partial charge in [0.25, 0.3) is 0 Å². The zero-order valence-electron chi connectivity index (χ0n) is 22.2. The fourth-order valence-electron chi connectivity index (χ4n) is 3.90. The number of benzene rings is 2. The van der Waals surface area contributed by atoms with E-state index in [-0.39, 0.29) is 23.7 Å². The number of alkyl halides is 1. The fraction of sp³-hybridized carbons (Fsp3) is 0.304. The first kappa shape index (κ1) is 30.6. The number of sulfone groups is 1. The summed E-state index contributed by atoms with van der Waals surface area (Å²) in [6.07, 6.45) is 0.840. The summed E-state index contributed by atoms with van der Waals surface area (Å²) in [7, 11) is 6.18. The Morgan fingerprint density at radius 3 is 2.39 bits per heavy atom. The molecule has 0 bridgehead atoms. The summed E-state index contributed by atoms with van der Waals surface area (Å²) in [6, 6.07) is 11.9. The van der Waals surface area contributed by atoms with E-state index in [2.05, 4.69) is 42.6 Å². The molecule has 3 rings (SSSR count). The molecule has 3 aromatic rings. The summed E-state index contributed by atoms with van der Waals surface area (Å²) in [6.45, 7) is 2.35. The van der Waals surface area contributed by atoms with Gasteiger partial charge in [0.15, 0.2) is 13.0 Å². The maximum atomic E-state index is 14.6. The monoisotopic (exact) mass is 572 g/mol. The van der Waals surface area contributed by atoms with Gasteiger partial charge in [0, 0.05) is 22.3 Å². The predicted octanol–water partition coefficient (Wildman–Crippen LogP) is -1.07. The molecule has 38 heavy (non-hydrogen) atoms. The van der Waals surface area contributed by atoms with Crippen molar-refractivity contribution in [2.24, 2.45) is 0 Å². The van der Waals surface area contributed by atoms with Crippen LogP contribution in [0.3, 0.4) is 0 Å². The molecule has 0 aliphatic carbocycles. The SMILES string of the molecule is BC(B)(B)Oc1cc(S(=O)(=O)C(B)(O)O)ccc1NCC#Cc1cc2c(CC)cccc2n1CC(F)(P)P. The molecule has 1 heterocycles. The highest BCUT2D eigenvalue weighted by Crippen LogP contribution is 2.34. The quantitative estimate of drug-likeness (QED) is 0.131. The van der Waals surface area contributed by atoms with E-state index >= 15 is 0 Å². The second-order valence-electron chi connectivity index (χ2n) is 10.2. The number of aryl methyl sites for hydroxylation is 1. The number of fused-ring (bicyclic) bond motifs is 1. The number of halogens is 1. The Kier molecular flexibility index (Phi) is 9.08. The second-order valence-corrected chi connectivity index (χ2v) is 15.0. The molecule has 0 saturated heterocycles. The fourth-order valence-corrected chi connectivity index (χ4v) is 5.22. The Morgan fingerprint density at radius 2 is 1.82 bits per heavy atom. The molecule has 0 amide bonds. The topological polar surface area (TPSA) is 101 Å². The van der Waals surface area contributed by atoms with Crippen LogP contribution < -0.4 is 10.1 Å². The van der Waals surface area contributed by atoms with E-state index in [1.165, 1.54) is 18.2 Å². The molecule has 15 heteroatoms. The van der Waals surface area contributed by atoms with Crippen LogP contribution in [0, 0.1) is 11.8 Å². The van der Waals surface area contributed by atoms with Crippen molar-refractivity contribution in [2.45, 2.75) is 40.3 Å². The number of nitrogens with zero attached hydrogens (tertiary/aromatic N) is 1. The molecule has 2 unspecified atom stereocenters. The highest BCUT2D eigenvalue weighted by atomic mass is 32.2. The van der Waals surface area contributed by atoms with Crippen LogP contribution in [0.2, 0.25) is 0 Å². The molecule has 2 aromatic carbocycles. The summed E-state index contributed by atoms with van der Waals surface area (Å²) in [4.78, 5) is -0.290. The van der Waals surface area contributed by atoms with Gasteiger partial charge in [-0.3, -0.25) is 0 Å². The highest BCUT2D eigenvalue weighted by Gasteiger charge is 2.36. The average molecular weight is 572 g/mol. The lowest BCUT2D eigenvalue weighted by Crippen LogP contribution is -2.39. The maximum absolute atomic E-state index is 14.6. The van der Waals surface area contributed by atoms with Gasteiger partial charge >= 0.3 is 0 Å². The molecule has 0 radical (unpaired) electrons. The second kappa shape index (κ2) is 11.3. The van der Waals surface area contributed by atoms with Crippen molar-refractivity contribution in [2.75, 3.05) is 11.9 Å². The van der Waals surface area contributed by atoms with E-state index in [1.54, 1.807) is 0 Å². The number of hydrogen-bond donors (Lipinski definition) is 3. The minimum Gasteiger partial charge on any atom is -0.511 e. The van der Waals surface area contributed by atoms with Crippen LogP contribution in [0.4, 0.5) is 10.1 Å². The smallest absolute Gasteiger partial charge is 0.226 e. The number of ether oxygens (including phenoxy) is 1. The standard InChI is InChI=1S/C23H31B4FN2O5P2S/c1-2-14-5-3-7-19-17(14)11-15(30(19)13-21(28,36)37)6-4-10-29-18-9-8-16(38(33,34)23(27,31)32)12-20(18)35-22(24,25)26/h3,5,7-9,11-12,29,31-32H,2,10,13,24-27,36-37H2,1H3. The van der Waals surface area contributed by atoms with Gasteiger partial charge in [-0.25, -0.2) is 12.8 Å². The van der Waals surface area contributed by atoms with Gasteiger partial charge in [-0.15, -0.1) is 0 Å². The molecule has 0 saturated carbocycles. The Bertz CT molecular complexity index is 1500. The van der Waals surface area contributed by atoms with Gasteiger partial charge in [0.05, 0.1) is 29.4 Å². The van der Waals surface area contributed by atoms with Crippen molar-refractivity contribution < 1.29 is 27.8 Å². The molecular formula is C23H31B4FN2O5P2S. The first-order valence-corrected chi connectivity index (χ1v) is 14.7. The number of anilines is 1. The van der Waals surface area contributed by atoms with E-state index in [4.69, 9.17) is 4.74 Å². The summed E-state index contributed by atoms with van der Waals surface area (Å²) in [5, 5.41) is 18.4. The summed E-state index contributed by atoms with van der Waals surface area (Å²) >= 11 is 0. The number of hydrogen-bond acceptors (Lipinski definition) is 6. The van der Waals surface area contributed by atoms with Gasteiger partial charge in [-0.05, 0) is 42.2 Å². The third-order valence-corrected chi connectivity index (χ3v) is 7.85. The lowest BCUT2D eigenvalue weighted by molar-refractivity contribution is -0.0111. The summed E-state index contributed by atoms with van der Waals surface area (Å²) in [5.74, 6) is 6.42.